The fraction of sp³-hybridized carbons (Fsp3) is 0.944. The summed E-state index contributed by atoms with van der Waals surface area (Å²) in [4.78, 5) is 15.5. The molecule has 0 bridgehead atoms. The first-order chi connectivity index (χ1) is 10.9. The Bertz CT molecular complexity index is 446. The Morgan fingerprint density at radius 1 is 1.30 bits per heavy atom. The third-order valence-electron chi connectivity index (χ3n) is 6.52. The quantitative estimate of drug-likeness (QED) is 0.823. The highest BCUT2D eigenvalue weighted by molar-refractivity contribution is 5.89. The summed E-state index contributed by atoms with van der Waals surface area (Å²) in [5.41, 5.74) is 5.60. The van der Waals surface area contributed by atoms with Crippen LogP contribution in [0.3, 0.4) is 0 Å². The van der Waals surface area contributed by atoms with Crippen LogP contribution in [0.2, 0.25) is 0 Å². The Hall–Kier alpha value is -0.650. The molecule has 2 heterocycles. The third-order valence-corrected chi connectivity index (χ3v) is 6.52. The number of amides is 1. The van der Waals surface area contributed by atoms with E-state index in [1.54, 1.807) is 0 Å². The first-order valence-electron chi connectivity index (χ1n) is 9.35. The Morgan fingerprint density at radius 2 is 2.00 bits per heavy atom. The van der Waals surface area contributed by atoms with Gasteiger partial charge in [0.2, 0.25) is 5.91 Å². The number of hydrogen-bond acceptors (Lipinski definition) is 4. The molecule has 3 fully saturated rings. The molecule has 5 nitrogen and oxygen atoms in total. The number of nitrogens with one attached hydrogen (secondary N) is 1. The second-order valence-corrected chi connectivity index (χ2v) is 8.22. The Morgan fingerprint density at radius 3 is 2.65 bits per heavy atom. The smallest absolute Gasteiger partial charge is 0.241 e. The molecule has 3 aliphatic rings. The highest BCUT2D eigenvalue weighted by Gasteiger charge is 2.70. The fourth-order valence-corrected chi connectivity index (χ4v) is 4.96. The molecule has 0 aromatic heterocycles. The van der Waals surface area contributed by atoms with Crippen molar-refractivity contribution in [2.45, 2.75) is 70.6 Å². The third kappa shape index (κ3) is 2.71. The number of nitrogens with two attached hydrogens (primary N) is 1. The molecule has 3 atom stereocenters. The van der Waals surface area contributed by atoms with Crippen molar-refractivity contribution < 1.29 is 9.53 Å². The summed E-state index contributed by atoms with van der Waals surface area (Å²) in [5, 5.41) is 3.27. The number of likely N-dealkylation sites (tertiary alicyclic amines) is 1. The van der Waals surface area contributed by atoms with Gasteiger partial charge in [-0.25, -0.2) is 0 Å². The van der Waals surface area contributed by atoms with Crippen molar-refractivity contribution >= 4 is 5.91 Å². The van der Waals surface area contributed by atoms with Crippen LogP contribution >= 0.6 is 0 Å². The fourth-order valence-electron chi connectivity index (χ4n) is 4.96. The summed E-state index contributed by atoms with van der Waals surface area (Å²) < 4.78 is 5.90. The summed E-state index contributed by atoms with van der Waals surface area (Å²) in [5.74, 6) is 0.217. The molecule has 3 N–H and O–H groups in total. The van der Waals surface area contributed by atoms with Crippen molar-refractivity contribution in [1.82, 2.24) is 10.2 Å². The summed E-state index contributed by atoms with van der Waals surface area (Å²) >= 11 is 0. The Labute approximate surface area is 140 Å². The topological polar surface area (TPSA) is 67.6 Å². The van der Waals surface area contributed by atoms with Crippen molar-refractivity contribution in [3.63, 3.8) is 0 Å². The summed E-state index contributed by atoms with van der Waals surface area (Å²) in [7, 11) is 0. The number of rotatable bonds is 4. The molecule has 0 spiro atoms. The molecule has 1 saturated carbocycles. The molecule has 0 aromatic rings. The summed E-state index contributed by atoms with van der Waals surface area (Å²) in [6, 6.07) is 0.274. The highest BCUT2D eigenvalue weighted by Crippen LogP contribution is 2.57. The van der Waals surface area contributed by atoms with Gasteiger partial charge in [0.15, 0.2) is 0 Å². The zero-order valence-electron chi connectivity index (χ0n) is 14.9. The molecular formula is C18H33N3O2. The predicted molar refractivity (Wildman–Crippen MR) is 91.1 cm³/mol. The second kappa shape index (κ2) is 6.34. The average molecular weight is 323 g/mol. The molecular weight excluding hydrogens is 290 g/mol. The summed E-state index contributed by atoms with van der Waals surface area (Å²) in [6.07, 6.45) is 5.42. The lowest BCUT2D eigenvalue weighted by atomic mass is 9.46. The van der Waals surface area contributed by atoms with E-state index in [9.17, 15) is 4.79 Å². The molecule has 3 unspecified atom stereocenters. The maximum Gasteiger partial charge on any atom is 0.241 e. The minimum Gasteiger partial charge on any atom is -0.377 e. The minimum atomic E-state index is -0.779. The van der Waals surface area contributed by atoms with Crippen LogP contribution < -0.4 is 11.1 Å². The number of hydrogen-bond donors (Lipinski definition) is 2. The standard InChI is InChI=1S/C18H33N3O2/c1-4-9-21-10-7-13(8-11-21)20-16(22)18(19)14-6-5-12-23-15(14)17(18,2)3/h13-15H,4-12,19H2,1-3H3,(H,20,22). The number of ether oxygens (including phenoxy) is 1. The first kappa shape index (κ1) is 17.2. The normalized spacial score (nSPS) is 37.7. The van der Waals surface area contributed by atoms with Crippen LogP contribution in [0.25, 0.3) is 0 Å². The van der Waals surface area contributed by atoms with Crippen LogP contribution in [0.4, 0.5) is 0 Å². The van der Waals surface area contributed by atoms with Crippen molar-refractivity contribution in [1.29, 1.82) is 0 Å². The lowest BCUT2D eigenvalue weighted by molar-refractivity contribution is -0.225. The molecule has 1 aliphatic carbocycles. The maximum absolute atomic E-state index is 13.0. The molecule has 2 saturated heterocycles. The van der Waals surface area contributed by atoms with Gasteiger partial charge in [0, 0.05) is 37.1 Å². The first-order valence-corrected chi connectivity index (χ1v) is 9.35. The van der Waals surface area contributed by atoms with E-state index >= 15 is 0 Å². The van der Waals surface area contributed by atoms with E-state index in [2.05, 4.69) is 31.0 Å². The van der Waals surface area contributed by atoms with E-state index in [1.807, 2.05) is 0 Å². The Kier molecular flexibility index (Phi) is 4.73. The number of fused-ring (bicyclic) bond motifs is 1. The van der Waals surface area contributed by atoms with Crippen molar-refractivity contribution in [2.75, 3.05) is 26.2 Å². The molecule has 1 amide bonds. The van der Waals surface area contributed by atoms with E-state index in [1.165, 1.54) is 6.42 Å². The van der Waals surface area contributed by atoms with Gasteiger partial charge >= 0.3 is 0 Å². The van der Waals surface area contributed by atoms with Gasteiger partial charge in [0.05, 0.1) is 6.10 Å². The number of piperidine rings is 1. The number of nitrogens with zero attached hydrogens (tertiary/aromatic N) is 1. The van der Waals surface area contributed by atoms with Gasteiger partial charge in [-0.15, -0.1) is 0 Å². The van der Waals surface area contributed by atoms with E-state index in [-0.39, 0.29) is 29.4 Å². The summed E-state index contributed by atoms with van der Waals surface area (Å²) in [6.45, 7) is 10.5. The van der Waals surface area contributed by atoms with E-state index < -0.39 is 5.54 Å². The van der Waals surface area contributed by atoms with Gasteiger partial charge in [-0.3, -0.25) is 4.79 Å². The molecule has 0 aromatic carbocycles. The van der Waals surface area contributed by atoms with E-state index in [4.69, 9.17) is 10.5 Å². The zero-order chi connectivity index (χ0) is 16.7. The van der Waals surface area contributed by atoms with E-state index in [0.717, 1.165) is 51.9 Å². The zero-order valence-corrected chi connectivity index (χ0v) is 14.9. The Balaban J connectivity index is 1.60. The van der Waals surface area contributed by atoms with Crippen LogP contribution in [0.1, 0.15) is 52.9 Å². The van der Waals surface area contributed by atoms with Crippen LogP contribution in [0, 0.1) is 11.3 Å². The molecule has 5 heteroatoms. The highest BCUT2D eigenvalue weighted by atomic mass is 16.5. The molecule has 23 heavy (non-hydrogen) atoms. The van der Waals surface area contributed by atoms with Crippen molar-refractivity contribution in [2.24, 2.45) is 17.1 Å². The lowest BCUT2D eigenvalue weighted by Gasteiger charge is -2.65. The average Bonchev–Trinajstić information content (AvgIpc) is 2.56. The number of carbonyl (C=O) groups excluding carboxylic acids is 1. The number of carbonyl (C=O) groups is 1. The van der Waals surface area contributed by atoms with Gasteiger partial charge in [0.1, 0.15) is 5.54 Å². The monoisotopic (exact) mass is 323 g/mol. The van der Waals surface area contributed by atoms with Gasteiger partial charge < -0.3 is 20.7 Å². The predicted octanol–water partition coefficient (Wildman–Crippen LogP) is 1.51. The van der Waals surface area contributed by atoms with Crippen LogP contribution in [-0.4, -0.2) is 54.7 Å². The van der Waals surface area contributed by atoms with Gasteiger partial charge in [-0.05, 0) is 38.6 Å². The van der Waals surface area contributed by atoms with Crippen molar-refractivity contribution in [3.05, 3.63) is 0 Å². The minimum absolute atomic E-state index is 0.0446. The SMILES string of the molecule is CCCN1CCC(NC(=O)C2(N)C3CCCOC3C2(C)C)CC1. The lowest BCUT2D eigenvalue weighted by Crippen LogP contribution is -2.82. The molecule has 2 aliphatic heterocycles. The maximum atomic E-state index is 13.0. The second-order valence-electron chi connectivity index (χ2n) is 8.22. The van der Waals surface area contributed by atoms with Crippen LogP contribution in [-0.2, 0) is 9.53 Å². The molecule has 3 rings (SSSR count). The van der Waals surface area contributed by atoms with E-state index in [0.29, 0.717) is 0 Å². The molecule has 132 valence electrons. The van der Waals surface area contributed by atoms with Gasteiger partial charge in [-0.1, -0.05) is 20.8 Å². The molecule has 0 radical (unpaired) electrons. The van der Waals surface area contributed by atoms with Gasteiger partial charge in [-0.2, -0.15) is 0 Å². The van der Waals surface area contributed by atoms with Crippen LogP contribution in [0.5, 0.6) is 0 Å². The van der Waals surface area contributed by atoms with Crippen LogP contribution in [0.15, 0.2) is 0 Å². The largest absolute Gasteiger partial charge is 0.377 e. The van der Waals surface area contributed by atoms with Crippen molar-refractivity contribution in [3.8, 4) is 0 Å². The van der Waals surface area contributed by atoms with Gasteiger partial charge in [0.25, 0.3) is 0 Å².